The second kappa shape index (κ2) is 7.47. The molecule has 0 radical (unpaired) electrons. The zero-order chi connectivity index (χ0) is 17.0. The molecule has 0 bridgehead atoms. The summed E-state index contributed by atoms with van der Waals surface area (Å²) >= 11 is 0. The maximum absolute atomic E-state index is 6.64. The molecule has 1 unspecified atom stereocenters. The first-order valence-electron chi connectivity index (χ1n) is 8.44. The van der Waals surface area contributed by atoms with Crippen LogP contribution >= 0.6 is 0 Å². The molecule has 0 aromatic carbocycles. The lowest BCUT2D eigenvalue weighted by Gasteiger charge is -2.40. The van der Waals surface area contributed by atoms with Gasteiger partial charge >= 0.3 is 0 Å². The Bertz CT molecular complexity index is 451. The lowest BCUT2D eigenvalue weighted by Crippen LogP contribution is -2.49. The molecule has 1 heterocycles. The van der Waals surface area contributed by atoms with Crippen molar-refractivity contribution in [2.45, 2.75) is 66.3 Å². The molecule has 0 fully saturated rings. The molecule has 1 aliphatic heterocycles. The van der Waals surface area contributed by atoms with Crippen molar-refractivity contribution in [2.24, 2.45) is 11.1 Å². The second-order valence-electron chi connectivity index (χ2n) is 7.62. The summed E-state index contributed by atoms with van der Waals surface area (Å²) in [5.41, 5.74) is 8.92. The van der Waals surface area contributed by atoms with E-state index in [4.69, 9.17) is 5.73 Å². The molecule has 1 rings (SSSR count). The van der Waals surface area contributed by atoms with E-state index in [1.165, 1.54) is 24.1 Å². The first-order chi connectivity index (χ1) is 10.1. The minimum absolute atomic E-state index is 0.0815. The van der Waals surface area contributed by atoms with Crippen LogP contribution in [-0.2, 0) is 0 Å². The van der Waals surface area contributed by atoms with Crippen LogP contribution in [-0.4, -0.2) is 29.1 Å². The largest absolute Gasteiger partial charge is 0.322 e. The summed E-state index contributed by atoms with van der Waals surface area (Å²) in [5.74, 6) is 0. The van der Waals surface area contributed by atoms with Gasteiger partial charge < -0.3 is 5.73 Å². The number of nitrogens with two attached hydrogens (primary N) is 1. The molecule has 0 aromatic heterocycles. The number of hydrazine groups is 1. The Morgan fingerprint density at radius 3 is 2.50 bits per heavy atom. The highest BCUT2D eigenvalue weighted by atomic mass is 15.6. The van der Waals surface area contributed by atoms with Crippen LogP contribution in [0, 0.1) is 5.41 Å². The number of rotatable bonds is 7. The Balaban J connectivity index is 2.89. The number of nitrogens with zero attached hydrogens (tertiary/aromatic N) is 2. The van der Waals surface area contributed by atoms with Gasteiger partial charge in [-0.1, -0.05) is 39.2 Å². The molecule has 0 spiro atoms. The van der Waals surface area contributed by atoms with Crippen LogP contribution < -0.4 is 5.73 Å². The van der Waals surface area contributed by atoms with Gasteiger partial charge in [0.2, 0.25) is 0 Å². The Kier molecular flexibility index (Phi) is 6.45. The van der Waals surface area contributed by atoms with E-state index in [9.17, 15) is 0 Å². The highest BCUT2D eigenvalue weighted by molar-refractivity contribution is 5.26. The van der Waals surface area contributed by atoms with E-state index in [1.807, 2.05) is 0 Å². The van der Waals surface area contributed by atoms with Gasteiger partial charge in [0, 0.05) is 25.3 Å². The first kappa shape index (κ1) is 19.0. The maximum Gasteiger partial charge on any atom is 0.0546 e. The topological polar surface area (TPSA) is 32.5 Å². The van der Waals surface area contributed by atoms with E-state index < -0.39 is 0 Å². The summed E-state index contributed by atoms with van der Waals surface area (Å²) < 4.78 is 0. The van der Waals surface area contributed by atoms with E-state index in [1.54, 1.807) is 0 Å². The van der Waals surface area contributed by atoms with Gasteiger partial charge in [0.15, 0.2) is 0 Å². The van der Waals surface area contributed by atoms with E-state index in [0.29, 0.717) is 0 Å². The molecule has 0 saturated carbocycles. The molecule has 0 amide bonds. The molecular formula is C19H35N3. The molecule has 1 aliphatic rings. The summed E-state index contributed by atoms with van der Waals surface area (Å²) in [6.07, 6.45) is 12.3. The third kappa shape index (κ3) is 4.72. The number of hydrogen-bond donors (Lipinski definition) is 1. The minimum Gasteiger partial charge on any atom is -0.322 e. The smallest absolute Gasteiger partial charge is 0.0546 e. The SMILES string of the molecule is CCCCC(C)(C)C(C)(N)/C=C\N1C(C=C(C)C)=CCN1C. The van der Waals surface area contributed by atoms with Gasteiger partial charge in [-0.3, -0.25) is 5.01 Å². The van der Waals surface area contributed by atoms with E-state index in [0.717, 1.165) is 13.0 Å². The quantitative estimate of drug-likeness (QED) is 0.754. The summed E-state index contributed by atoms with van der Waals surface area (Å²) in [5, 5.41) is 4.38. The van der Waals surface area contributed by atoms with E-state index >= 15 is 0 Å². The summed E-state index contributed by atoms with van der Waals surface area (Å²) in [7, 11) is 2.10. The molecule has 22 heavy (non-hydrogen) atoms. The number of likely N-dealkylation sites (N-methyl/N-ethyl adjacent to an activating group) is 1. The Hall–Kier alpha value is -1.06. The highest BCUT2D eigenvalue weighted by Gasteiger charge is 2.35. The van der Waals surface area contributed by atoms with Crippen molar-refractivity contribution in [2.75, 3.05) is 13.6 Å². The fourth-order valence-electron chi connectivity index (χ4n) is 2.56. The predicted molar refractivity (Wildman–Crippen MR) is 97.0 cm³/mol. The molecule has 0 saturated heterocycles. The van der Waals surface area contributed by atoms with Crippen molar-refractivity contribution in [3.05, 3.63) is 35.7 Å². The van der Waals surface area contributed by atoms with Crippen molar-refractivity contribution in [3.63, 3.8) is 0 Å². The molecule has 2 N–H and O–H groups in total. The van der Waals surface area contributed by atoms with Crippen LogP contribution in [0.5, 0.6) is 0 Å². The fourth-order valence-corrected chi connectivity index (χ4v) is 2.56. The van der Waals surface area contributed by atoms with Crippen LogP contribution in [0.4, 0.5) is 0 Å². The fraction of sp³-hybridized carbons (Fsp3) is 0.684. The monoisotopic (exact) mass is 305 g/mol. The molecular weight excluding hydrogens is 270 g/mol. The van der Waals surface area contributed by atoms with Crippen molar-refractivity contribution in [1.82, 2.24) is 10.0 Å². The standard InChI is InChI=1S/C19H35N3/c1-8-9-11-18(4,5)19(6,20)12-14-22-17(15-16(2)3)10-13-21(22)7/h10,12,14-15H,8-9,11,13,20H2,1-7H3/b14-12-. The zero-order valence-electron chi connectivity index (χ0n) is 15.6. The number of allylic oxidation sites excluding steroid dienone is 2. The number of hydrogen-bond acceptors (Lipinski definition) is 3. The Morgan fingerprint density at radius 1 is 1.32 bits per heavy atom. The molecule has 3 nitrogen and oxygen atoms in total. The third-order valence-electron chi connectivity index (χ3n) is 4.81. The van der Waals surface area contributed by atoms with Crippen LogP contribution in [0.3, 0.4) is 0 Å². The van der Waals surface area contributed by atoms with Crippen molar-refractivity contribution >= 4 is 0 Å². The van der Waals surface area contributed by atoms with Crippen molar-refractivity contribution < 1.29 is 0 Å². The summed E-state index contributed by atoms with van der Waals surface area (Å²) in [4.78, 5) is 0. The van der Waals surface area contributed by atoms with E-state index in [2.05, 4.69) is 83.0 Å². The van der Waals surface area contributed by atoms with Crippen molar-refractivity contribution in [1.29, 1.82) is 0 Å². The average molecular weight is 306 g/mol. The van der Waals surface area contributed by atoms with Crippen LogP contribution in [0.15, 0.2) is 35.7 Å². The zero-order valence-corrected chi connectivity index (χ0v) is 15.6. The van der Waals surface area contributed by atoms with Crippen molar-refractivity contribution in [3.8, 4) is 0 Å². The summed E-state index contributed by atoms with van der Waals surface area (Å²) in [6.45, 7) is 14.1. The minimum atomic E-state index is -0.332. The molecule has 126 valence electrons. The van der Waals surface area contributed by atoms with Gasteiger partial charge in [-0.15, -0.1) is 0 Å². The van der Waals surface area contributed by atoms with Crippen LogP contribution in [0.25, 0.3) is 0 Å². The highest BCUT2D eigenvalue weighted by Crippen LogP contribution is 2.35. The second-order valence-corrected chi connectivity index (χ2v) is 7.62. The maximum atomic E-state index is 6.64. The van der Waals surface area contributed by atoms with Gasteiger partial charge in [-0.2, -0.15) is 0 Å². The number of unbranched alkanes of at least 4 members (excludes halogenated alkanes) is 1. The van der Waals surface area contributed by atoms with Gasteiger partial charge in [-0.25, -0.2) is 5.01 Å². The average Bonchev–Trinajstić information content (AvgIpc) is 2.74. The molecule has 0 aromatic rings. The lowest BCUT2D eigenvalue weighted by molar-refractivity contribution is 0.129. The van der Waals surface area contributed by atoms with Crippen LogP contribution in [0.1, 0.15) is 60.8 Å². The van der Waals surface area contributed by atoms with Gasteiger partial charge in [-0.05, 0) is 50.8 Å². The Morgan fingerprint density at radius 2 is 1.95 bits per heavy atom. The van der Waals surface area contributed by atoms with Gasteiger partial charge in [0.05, 0.1) is 5.70 Å². The molecule has 3 heteroatoms. The van der Waals surface area contributed by atoms with Crippen LogP contribution in [0.2, 0.25) is 0 Å². The molecule has 0 aliphatic carbocycles. The normalized spacial score (nSPS) is 19.5. The summed E-state index contributed by atoms with van der Waals surface area (Å²) in [6, 6.07) is 0. The Labute approximate surface area is 137 Å². The van der Waals surface area contributed by atoms with Gasteiger partial charge in [0.1, 0.15) is 0 Å². The van der Waals surface area contributed by atoms with E-state index in [-0.39, 0.29) is 11.0 Å². The molecule has 1 atom stereocenters. The lowest BCUT2D eigenvalue weighted by atomic mass is 9.71. The first-order valence-corrected chi connectivity index (χ1v) is 8.44. The third-order valence-corrected chi connectivity index (χ3v) is 4.81. The van der Waals surface area contributed by atoms with Gasteiger partial charge in [0.25, 0.3) is 0 Å². The predicted octanol–water partition coefficient (Wildman–Crippen LogP) is 4.45.